The van der Waals surface area contributed by atoms with Crippen LogP contribution in [0.5, 0.6) is 0 Å². The molecule has 2 aromatic rings. The molecule has 18 heavy (non-hydrogen) atoms. The van der Waals surface area contributed by atoms with E-state index in [9.17, 15) is 0 Å². The maximum Gasteiger partial charge on any atom is 0.0888 e. The summed E-state index contributed by atoms with van der Waals surface area (Å²) in [7, 11) is 0. The topological polar surface area (TPSA) is 12.0 Å². The third kappa shape index (κ3) is 3.36. The molecule has 0 radical (unpaired) electrons. The summed E-state index contributed by atoms with van der Waals surface area (Å²) in [6.07, 6.45) is 0. The highest BCUT2D eigenvalue weighted by molar-refractivity contribution is 9.11. The molecule has 1 N–H and O–H groups in total. The predicted octanol–water partition coefficient (Wildman–Crippen LogP) is 5.63. The molecule has 0 saturated heterocycles. The number of benzene rings is 1. The van der Waals surface area contributed by atoms with Crippen molar-refractivity contribution in [3.05, 3.63) is 54.1 Å². The first-order chi connectivity index (χ1) is 8.61. The average Bonchev–Trinajstić information content (AvgIpc) is 2.66. The predicted molar refractivity (Wildman–Crippen MR) is 86.7 cm³/mol. The summed E-state index contributed by atoms with van der Waals surface area (Å²) < 4.78 is 2.07. The Balaban J connectivity index is 2.39. The van der Waals surface area contributed by atoms with Gasteiger partial charge in [0.2, 0.25) is 0 Å². The molecule has 0 amide bonds. The molecule has 0 aliphatic carbocycles. The second-order valence-corrected chi connectivity index (χ2v) is 7.54. The fourth-order valence-corrected chi connectivity index (χ4v) is 4.05. The fourth-order valence-electron chi connectivity index (χ4n) is 1.78. The zero-order valence-electron chi connectivity index (χ0n) is 9.71. The number of hydrogen-bond donors (Lipinski definition) is 1. The van der Waals surface area contributed by atoms with E-state index >= 15 is 0 Å². The lowest BCUT2D eigenvalue weighted by Crippen LogP contribution is -2.21. The lowest BCUT2D eigenvalue weighted by molar-refractivity contribution is 0.639. The number of halogens is 3. The second kappa shape index (κ2) is 6.53. The second-order valence-electron chi connectivity index (χ2n) is 3.82. The van der Waals surface area contributed by atoms with E-state index in [1.807, 2.05) is 18.2 Å². The molecular formula is C13H12Br2ClNS. The van der Waals surface area contributed by atoms with Gasteiger partial charge >= 0.3 is 0 Å². The van der Waals surface area contributed by atoms with Crippen LogP contribution in [0.1, 0.15) is 23.4 Å². The Morgan fingerprint density at radius 3 is 2.67 bits per heavy atom. The van der Waals surface area contributed by atoms with Gasteiger partial charge in [0.15, 0.2) is 0 Å². The first kappa shape index (κ1) is 14.5. The standard InChI is InChI=1S/C13H12Br2ClNS/c1-2-17-12(8-4-3-5-9(14)6-8)11-7-10(16)13(15)18-11/h3-7,12,17H,2H2,1H3. The maximum absolute atomic E-state index is 6.12. The SMILES string of the molecule is CCNC(c1cccc(Br)c1)c1cc(Cl)c(Br)s1. The van der Waals surface area contributed by atoms with Crippen LogP contribution in [-0.2, 0) is 0 Å². The minimum Gasteiger partial charge on any atom is -0.306 e. The molecule has 0 aliphatic rings. The van der Waals surface area contributed by atoms with Crippen LogP contribution in [0.4, 0.5) is 0 Å². The van der Waals surface area contributed by atoms with E-state index in [-0.39, 0.29) is 6.04 Å². The van der Waals surface area contributed by atoms with Crippen molar-refractivity contribution in [1.29, 1.82) is 0 Å². The fraction of sp³-hybridized carbons (Fsp3) is 0.231. The van der Waals surface area contributed by atoms with Crippen molar-refractivity contribution < 1.29 is 0 Å². The van der Waals surface area contributed by atoms with Crippen molar-refractivity contribution in [1.82, 2.24) is 5.32 Å². The summed E-state index contributed by atoms with van der Waals surface area (Å²) in [5, 5.41) is 4.26. The molecule has 1 nitrogen and oxygen atoms in total. The molecule has 1 aromatic heterocycles. The summed E-state index contributed by atoms with van der Waals surface area (Å²) in [5.41, 5.74) is 1.23. The molecule has 1 atom stereocenters. The van der Waals surface area contributed by atoms with Crippen LogP contribution >= 0.6 is 54.8 Å². The summed E-state index contributed by atoms with van der Waals surface area (Å²) in [6, 6.07) is 10.5. The van der Waals surface area contributed by atoms with Gasteiger partial charge in [-0.3, -0.25) is 0 Å². The molecule has 5 heteroatoms. The van der Waals surface area contributed by atoms with Gasteiger partial charge in [-0.2, -0.15) is 0 Å². The van der Waals surface area contributed by atoms with Gasteiger partial charge in [0.05, 0.1) is 14.9 Å². The molecule has 96 valence electrons. The van der Waals surface area contributed by atoms with Crippen molar-refractivity contribution >= 4 is 54.8 Å². The van der Waals surface area contributed by atoms with E-state index in [0.29, 0.717) is 0 Å². The van der Waals surface area contributed by atoms with Crippen molar-refractivity contribution in [3.8, 4) is 0 Å². The largest absolute Gasteiger partial charge is 0.306 e. The van der Waals surface area contributed by atoms with E-state index in [2.05, 4.69) is 56.2 Å². The monoisotopic (exact) mass is 407 g/mol. The number of thiophene rings is 1. The molecule has 0 bridgehead atoms. The van der Waals surface area contributed by atoms with Gasteiger partial charge in [0, 0.05) is 9.35 Å². The Labute approximate surface area is 133 Å². The lowest BCUT2D eigenvalue weighted by atomic mass is 10.1. The van der Waals surface area contributed by atoms with E-state index in [4.69, 9.17) is 11.6 Å². The van der Waals surface area contributed by atoms with Gasteiger partial charge in [-0.25, -0.2) is 0 Å². The molecule has 2 rings (SSSR count). The van der Waals surface area contributed by atoms with Gasteiger partial charge in [0.1, 0.15) is 0 Å². The first-order valence-electron chi connectivity index (χ1n) is 5.55. The smallest absolute Gasteiger partial charge is 0.0888 e. The van der Waals surface area contributed by atoms with Crippen LogP contribution in [0.25, 0.3) is 0 Å². The third-order valence-electron chi connectivity index (χ3n) is 2.54. The zero-order chi connectivity index (χ0) is 13.1. The Morgan fingerprint density at radius 1 is 1.33 bits per heavy atom. The Bertz CT molecular complexity index is 522. The average molecular weight is 410 g/mol. The van der Waals surface area contributed by atoms with Crippen LogP contribution < -0.4 is 5.32 Å². The number of hydrogen-bond acceptors (Lipinski definition) is 2. The molecule has 0 fully saturated rings. The third-order valence-corrected chi connectivity index (χ3v) is 5.57. The van der Waals surface area contributed by atoms with E-state index < -0.39 is 0 Å². The molecule has 0 aliphatic heterocycles. The van der Waals surface area contributed by atoms with Crippen LogP contribution in [0, 0.1) is 0 Å². The maximum atomic E-state index is 6.12. The van der Waals surface area contributed by atoms with Crippen molar-refractivity contribution in [2.75, 3.05) is 6.54 Å². The van der Waals surface area contributed by atoms with Gasteiger partial charge in [-0.1, -0.05) is 46.6 Å². The molecule has 0 saturated carbocycles. The lowest BCUT2D eigenvalue weighted by Gasteiger charge is -2.17. The highest BCUT2D eigenvalue weighted by Crippen LogP contribution is 2.37. The van der Waals surface area contributed by atoms with E-state index in [1.54, 1.807) is 11.3 Å². The Kier molecular flexibility index (Phi) is 5.27. The summed E-state index contributed by atoms with van der Waals surface area (Å²) in [6.45, 7) is 3.01. The van der Waals surface area contributed by atoms with Gasteiger partial charge < -0.3 is 5.32 Å². The first-order valence-corrected chi connectivity index (χ1v) is 8.33. The number of nitrogens with one attached hydrogen (secondary N) is 1. The Morgan fingerprint density at radius 2 is 2.11 bits per heavy atom. The van der Waals surface area contributed by atoms with Crippen molar-refractivity contribution in [2.24, 2.45) is 0 Å². The van der Waals surface area contributed by atoms with E-state index in [0.717, 1.165) is 19.8 Å². The quantitative estimate of drug-likeness (QED) is 0.690. The highest BCUT2D eigenvalue weighted by atomic mass is 79.9. The molecule has 1 heterocycles. The van der Waals surface area contributed by atoms with Crippen LogP contribution in [0.2, 0.25) is 5.02 Å². The van der Waals surface area contributed by atoms with E-state index in [1.165, 1.54) is 10.4 Å². The summed E-state index contributed by atoms with van der Waals surface area (Å²) >= 11 is 14.8. The van der Waals surface area contributed by atoms with Gasteiger partial charge in [-0.05, 0) is 46.2 Å². The van der Waals surface area contributed by atoms with Crippen LogP contribution in [-0.4, -0.2) is 6.54 Å². The number of rotatable bonds is 4. The molecule has 0 spiro atoms. The van der Waals surface area contributed by atoms with Crippen LogP contribution in [0.3, 0.4) is 0 Å². The van der Waals surface area contributed by atoms with Crippen molar-refractivity contribution in [3.63, 3.8) is 0 Å². The highest BCUT2D eigenvalue weighted by Gasteiger charge is 2.17. The molecule has 1 aromatic carbocycles. The minimum atomic E-state index is 0.182. The summed E-state index contributed by atoms with van der Waals surface area (Å²) in [4.78, 5) is 1.21. The Hall–Kier alpha value is 0.130. The van der Waals surface area contributed by atoms with Gasteiger partial charge in [0.25, 0.3) is 0 Å². The normalized spacial score (nSPS) is 12.7. The molecular weight excluding hydrogens is 397 g/mol. The van der Waals surface area contributed by atoms with Crippen LogP contribution in [0.15, 0.2) is 38.6 Å². The zero-order valence-corrected chi connectivity index (χ0v) is 14.5. The minimum absolute atomic E-state index is 0.182. The van der Waals surface area contributed by atoms with Crippen molar-refractivity contribution in [2.45, 2.75) is 13.0 Å². The molecule has 1 unspecified atom stereocenters. The summed E-state index contributed by atoms with van der Waals surface area (Å²) in [5.74, 6) is 0. The van der Waals surface area contributed by atoms with Gasteiger partial charge in [-0.15, -0.1) is 11.3 Å².